The predicted molar refractivity (Wildman–Crippen MR) is 159 cm³/mol. The van der Waals surface area contributed by atoms with Gasteiger partial charge in [0.05, 0.1) is 49.2 Å². The summed E-state index contributed by atoms with van der Waals surface area (Å²) >= 11 is 1.07. The number of nitrogens with one attached hydrogen (secondary N) is 1. The monoisotopic (exact) mass is 601 g/mol. The maximum atomic E-state index is 14.1. The lowest BCUT2D eigenvalue weighted by atomic mass is 10.2. The fraction of sp³-hybridized carbons (Fsp3) is 0.286. The van der Waals surface area contributed by atoms with E-state index in [9.17, 15) is 18.0 Å². The van der Waals surface area contributed by atoms with Crippen molar-refractivity contribution in [2.24, 2.45) is 0 Å². The molecule has 1 amide bonds. The third-order valence-electron chi connectivity index (χ3n) is 6.30. The number of amides is 1. The van der Waals surface area contributed by atoms with Gasteiger partial charge < -0.3 is 24.3 Å². The fourth-order valence-electron chi connectivity index (χ4n) is 4.33. The second-order valence-electron chi connectivity index (χ2n) is 9.13. The molecule has 0 saturated heterocycles. The Kier molecular flexibility index (Phi) is 8.78. The molecule has 13 heteroatoms. The minimum absolute atomic E-state index is 0.0233. The molecule has 41 heavy (non-hydrogen) atoms. The molecule has 0 aliphatic heterocycles. The van der Waals surface area contributed by atoms with Crippen molar-refractivity contribution in [3.05, 3.63) is 64.3 Å². The standard InChI is InChI=1S/C28H31N3O8S2/c1-17(2)31-21-10-7-18(13-26(21)40-28(31)33)29-27(32)16-30(22-14-19(36-3)8-11-23(22)37-4)41(34,35)20-9-12-24(38-5)25(15-20)39-6/h7-15,17H,16H2,1-6H3,(H,29,32). The van der Waals surface area contributed by atoms with Gasteiger partial charge in [0.1, 0.15) is 18.0 Å². The summed E-state index contributed by atoms with van der Waals surface area (Å²) in [5, 5.41) is 2.76. The zero-order valence-corrected chi connectivity index (χ0v) is 25.1. The Morgan fingerprint density at radius 1 is 0.902 bits per heavy atom. The van der Waals surface area contributed by atoms with E-state index in [-0.39, 0.29) is 33.0 Å². The van der Waals surface area contributed by atoms with Gasteiger partial charge >= 0.3 is 4.87 Å². The number of ether oxygens (including phenoxy) is 4. The van der Waals surface area contributed by atoms with Crippen LogP contribution in [0.4, 0.5) is 11.4 Å². The van der Waals surface area contributed by atoms with Gasteiger partial charge in [0.25, 0.3) is 10.0 Å². The molecule has 218 valence electrons. The molecule has 1 heterocycles. The van der Waals surface area contributed by atoms with Crippen molar-refractivity contribution < 1.29 is 32.2 Å². The molecule has 1 aromatic heterocycles. The van der Waals surface area contributed by atoms with Gasteiger partial charge in [0, 0.05) is 23.9 Å². The third-order valence-corrected chi connectivity index (χ3v) is 8.97. The molecule has 11 nitrogen and oxygen atoms in total. The number of carbonyl (C=O) groups excluding carboxylic acids is 1. The van der Waals surface area contributed by atoms with Crippen LogP contribution < -0.4 is 33.4 Å². The van der Waals surface area contributed by atoms with E-state index in [4.69, 9.17) is 18.9 Å². The predicted octanol–water partition coefficient (Wildman–Crippen LogP) is 4.51. The van der Waals surface area contributed by atoms with E-state index in [1.165, 1.54) is 52.7 Å². The number of thiazole rings is 1. The number of anilines is 2. The topological polar surface area (TPSA) is 125 Å². The Balaban J connectivity index is 1.75. The summed E-state index contributed by atoms with van der Waals surface area (Å²) in [6, 6.07) is 13.9. The number of hydrogen-bond acceptors (Lipinski definition) is 9. The highest BCUT2D eigenvalue weighted by atomic mass is 32.2. The van der Waals surface area contributed by atoms with Crippen LogP contribution in [-0.4, -0.2) is 53.9 Å². The van der Waals surface area contributed by atoms with Crippen LogP contribution in [-0.2, 0) is 14.8 Å². The number of rotatable bonds is 11. The molecule has 0 bridgehead atoms. The van der Waals surface area contributed by atoms with E-state index in [0.717, 1.165) is 21.2 Å². The van der Waals surface area contributed by atoms with Gasteiger partial charge in [-0.1, -0.05) is 11.3 Å². The Morgan fingerprint density at radius 2 is 1.59 bits per heavy atom. The van der Waals surface area contributed by atoms with Gasteiger partial charge in [-0.25, -0.2) is 8.42 Å². The van der Waals surface area contributed by atoms with Gasteiger partial charge in [-0.3, -0.25) is 18.5 Å². The van der Waals surface area contributed by atoms with Crippen molar-refractivity contribution in [2.75, 3.05) is 44.6 Å². The fourth-order valence-corrected chi connectivity index (χ4v) is 6.82. The summed E-state index contributed by atoms with van der Waals surface area (Å²) in [5.41, 5.74) is 1.27. The van der Waals surface area contributed by atoms with Crippen molar-refractivity contribution in [3.8, 4) is 23.0 Å². The first-order valence-electron chi connectivity index (χ1n) is 12.5. The number of nitrogens with zero attached hydrogens (tertiary/aromatic N) is 2. The third kappa shape index (κ3) is 5.95. The lowest BCUT2D eigenvalue weighted by molar-refractivity contribution is -0.114. The number of fused-ring (bicyclic) bond motifs is 1. The maximum Gasteiger partial charge on any atom is 0.308 e. The van der Waals surface area contributed by atoms with Crippen LogP contribution in [0.1, 0.15) is 19.9 Å². The first-order valence-corrected chi connectivity index (χ1v) is 14.7. The van der Waals surface area contributed by atoms with Gasteiger partial charge in [0.15, 0.2) is 11.5 Å². The van der Waals surface area contributed by atoms with Crippen LogP contribution in [0.2, 0.25) is 0 Å². The normalized spacial score (nSPS) is 11.4. The van der Waals surface area contributed by atoms with Crippen molar-refractivity contribution in [1.82, 2.24) is 4.57 Å². The summed E-state index contributed by atoms with van der Waals surface area (Å²) < 4.78 is 52.7. The number of benzene rings is 3. The number of carbonyl (C=O) groups is 1. The van der Waals surface area contributed by atoms with E-state index in [1.807, 2.05) is 13.8 Å². The summed E-state index contributed by atoms with van der Waals surface area (Å²) in [7, 11) is 1.34. The van der Waals surface area contributed by atoms with Gasteiger partial charge in [-0.05, 0) is 56.3 Å². The van der Waals surface area contributed by atoms with Crippen LogP contribution in [0.15, 0.2) is 64.3 Å². The molecule has 0 aliphatic rings. The smallest absolute Gasteiger partial charge is 0.308 e. The highest BCUT2D eigenvalue weighted by molar-refractivity contribution is 7.92. The molecular weight excluding hydrogens is 570 g/mol. The lowest BCUT2D eigenvalue weighted by Crippen LogP contribution is -2.38. The number of methoxy groups -OCH3 is 4. The van der Waals surface area contributed by atoms with Crippen molar-refractivity contribution in [2.45, 2.75) is 24.8 Å². The number of hydrogen-bond donors (Lipinski definition) is 1. The van der Waals surface area contributed by atoms with Crippen molar-refractivity contribution >= 4 is 48.9 Å². The maximum absolute atomic E-state index is 14.1. The van der Waals surface area contributed by atoms with E-state index >= 15 is 0 Å². The molecule has 0 unspecified atom stereocenters. The summed E-state index contributed by atoms with van der Waals surface area (Å²) in [4.78, 5) is 25.6. The van der Waals surface area contributed by atoms with E-state index < -0.39 is 22.5 Å². The highest BCUT2D eigenvalue weighted by Crippen LogP contribution is 2.37. The van der Waals surface area contributed by atoms with Crippen LogP contribution in [0.25, 0.3) is 10.2 Å². The summed E-state index contributed by atoms with van der Waals surface area (Å²) in [6.07, 6.45) is 0. The Morgan fingerprint density at radius 3 is 2.22 bits per heavy atom. The molecule has 3 aromatic carbocycles. The SMILES string of the molecule is COc1ccc(OC)c(N(CC(=O)Nc2ccc3c(c2)sc(=O)n3C(C)C)S(=O)(=O)c2ccc(OC)c(OC)c2)c1. The number of sulfonamides is 1. The van der Waals surface area contributed by atoms with Crippen molar-refractivity contribution in [1.29, 1.82) is 0 Å². The minimum Gasteiger partial charge on any atom is -0.497 e. The highest BCUT2D eigenvalue weighted by Gasteiger charge is 2.31. The largest absolute Gasteiger partial charge is 0.497 e. The second-order valence-corrected chi connectivity index (χ2v) is 12.0. The average Bonchev–Trinajstić information content (AvgIpc) is 3.30. The van der Waals surface area contributed by atoms with Gasteiger partial charge in [0.2, 0.25) is 5.91 Å². The van der Waals surface area contributed by atoms with Crippen molar-refractivity contribution in [3.63, 3.8) is 0 Å². The molecule has 0 atom stereocenters. The molecule has 0 spiro atoms. The number of aromatic nitrogens is 1. The first-order chi connectivity index (χ1) is 19.5. The second kappa shape index (κ2) is 12.1. The van der Waals surface area contributed by atoms with Gasteiger partial charge in [-0.15, -0.1) is 0 Å². The lowest BCUT2D eigenvalue weighted by Gasteiger charge is -2.26. The van der Waals surface area contributed by atoms with E-state index in [2.05, 4.69) is 5.32 Å². The quantitative estimate of drug-likeness (QED) is 0.266. The molecule has 4 aromatic rings. The first kappa shape index (κ1) is 29.7. The van der Waals surface area contributed by atoms with Crippen LogP contribution in [0.5, 0.6) is 23.0 Å². The molecule has 1 N–H and O–H groups in total. The summed E-state index contributed by atoms with van der Waals surface area (Å²) in [6.45, 7) is 3.24. The molecule has 0 radical (unpaired) electrons. The van der Waals surface area contributed by atoms with Gasteiger partial charge in [-0.2, -0.15) is 0 Å². The van der Waals surface area contributed by atoms with Crippen LogP contribution >= 0.6 is 11.3 Å². The molecule has 0 aliphatic carbocycles. The van der Waals surface area contributed by atoms with Crippen LogP contribution in [0.3, 0.4) is 0 Å². The van der Waals surface area contributed by atoms with E-state index in [1.54, 1.807) is 34.9 Å². The molecular formula is C28H31N3O8S2. The van der Waals surface area contributed by atoms with Crippen LogP contribution in [0, 0.1) is 0 Å². The molecule has 4 rings (SSSR count). The Labute approximate surface area is 241 Å². The molecule has 0 saturated carbocycles. The average molecular weight is 602 g/mol. The molecule has 0 fully saturated rings. The van der Waals surface area contributed by atoms with E-state index in [0.29, 0.717) is 21.9 Å². The zero-order valence-electron chi connectivity index (χ0n) is 23.5. The Bertz CT molecular complexity index is 1750. The Hall–Kier alpha value is -4.23. The zero-order chi connectivity index (χ0) is 29.9. The minimum atomic E-state index is -4.34. The summed E-state index contributed by atoms with van der Waals surface area (Å²) in [5.74, 6) is 0.511.